The van der Waals surface area contributed by atoms with Crippen LogP contribution in [-0.4, -0.2) is 32.8 Å². The van der Waals surface area contributed by atoms with Crippen molar-refractivity contribution in [2.75, 3.05) is 26.9 Å². The van der Waals surface area contributed by atoms with E-state index < -0.39 is 0 Å². The summed E-state index contributed by atoms with van der Waals surface area (Å²) >= 11 is 3.39. The lowest BCUT2D eigenvalue weighted by Gasteiger charge is -2.33. The summed E-state index contributed by atoms with van der Waals surface area (Å²) in [5.74, 6) is 0.666. The molecular weight excluding hydrogens is 322 g/mol. The largest absolute Gasteiger partial charge is 0.496 e. The first-order valence-electron chi connectivity index (χ1n) is 6.74. The predicted molar refractivity (Wildman–Crippen MR) is 81.2 cm³/mol. The number of hydrogen-bond acceptors (Lipinski definition) is 3. The Morgan fingerprint density at radius 2 is 2.15 bits per heavy atom. The second kappa shape index (κ2) is 6.59. The lowest BCUT2D eigenvalue weighted by Crippen LogP contribution is -2.39. The van der Waals surface area contributed by atoms with Crippen molar-refractivity contribution in [3.8, 4) is 5.75 Å². The van der Waals surface area contributed by atoms with Crippen molar-refractivity contribution in [1.29, 1.82) is 0 Å². The van der Waals surface area contributed by atoms with E-state index in [1.807, 2.05) is 0 Å². The number of carbonyl (C=O) groups is 1. The standard InChI is InChI=1S/C15H20BrNO3/c1-15(5-7-20-8-6-15)10-17-14(18)11-3-4-13(19-2)12(16)9-11/h3-4,9H,5-8,10H2,1-2H3,(H,17,18). The molecule has 2 rings (SSSR count). The number of carbonyl (C=O) groups excluding carboxylic acids is 1. The lowest BCUT2D eigenvalue weighted by atomic mass is 9.82. The second-order valence-corrected chi connectivity index (χ2v) is 6.31. The van der Waals surface area contributed by atoms with E-state index >= 15 is 0 Å². The number of halogens is 1. The van der Waals surface area contributed by atoms with Crippen LogP contribution in [0.4, 0.5) is 0 Å². The molecule has 1 aromatic rings. The topological polar surface area (TPSA) is 47.6 Å². The van der Waals surface area contributed by atoms with Crippen LogP contribution in [0.3, 0.4) is 0 Å². The van der Waals surface area contributed by atoms with E-state index in [2.05, 4.69) is 28.2 Å². The Balaban J connectivity index is 1.96. The van der Waals surface area contributed by atoms with E-state index in [1.165, 1.54) is 0 Å². The highest BCUT2D eigenvalue weighted by Gasteiger charge is 2.27. The molecule has 1 fully saturated rings. The minimum Gasteiger partial charge on any atom is -0.496 e. The molecular formula is C15H20BrNO3. The molecule has 1 amide bonds. The van der Waals surface area contributed by atoms with Gasteiger partial charge in [-0.05, 0) is 52.4 Å². The van der Waals surface area contributed by atoms with Crippen LogP contribution in [0.25, 0.3) is 0 Å². The molecule has 4 nitrogen and oxygen atoms in total. The number of benzene rings is 1. The molecule has 110 valence electrons. The van der Waals surface area contributed by atoms with Crippen molar-refractivity contribution in [3.05, 3.63) is 28.2 Å². The number of hydrogen-bond donors (Lipinski definition) is 1. The average Bonchev–Trinajstić information content (AvgIpc) is 2.45. The van der Waals surface area contributed by atoms with Crippen molar-refractivity contribution in [2.24, 2.45) is 5.41 Å². The van der Waals surface area contributed by atoms with Gasteiger partial charge in [0.2, 0.25) is 0 Å². The molecule has 1 heterocycles. The van der Waals surface area contributed by atoms with Gasteiger partial charge < -0.3 is 14.8 Å². The molecule has 20 heavy (non-hydrogen) atoms. The molecule has 0 bridgehead atoms. The Morgan fingerprint density at radius 1 is 1.45 bits per heavy atom. The third kappa shape index (κ3) is 3.73. The summed E-state index contributed by atoms with van der Waals surface area (Å²) in [4.78, 5) is 12.2. The second-order valence-electron chi connectivity index (χ2n) is 5.46. The van der Waals surface area contributed by atoms with E-state index in [4.69, 9.17) is 9.47 Å². The summed E-state index contributed by atoms with van der Waals surface area (Å²) in [5, 5.41) is 3.02. The maximum absolute atomic E-state index is 12.2. The van der Waals surface area contributed by atoms with Crippen LogP contribution in [0.2, 0.25) is 0 Å². The fraction of sp³-hybridized carbons (Fsp3) is 0.533. The van der Waals surface area contributed by atoms with E-state index in [-0.39, 0.29) is 11.3 Å². The Bertz CT molecular complexity index is 484. The molecule has 0 spiro atoms. The van der Waals surface area contributed by atoms with Gasteiger partial charge in [-0.15, -0.1) is 0 Å². The third-order valence-corrected chi connectivity index (χ3v) is 4.41. The summed E-state index contributed by atoms with van der Waals surface area (Å²) in [6.07, 6.45) is 1.97. The van der Waals surface area contributed by atoms with Gasteiger partial charge in [-0.3, -0.25) is 4.79 Å². The van der Waals surface area contributed by atoms with Crippen molar-refractivity contribution >= 4 is 21.8 Å². The fourth-order valence-electron chi connectivity index (χ4n) is 2.24. The Labute approximate surface area is 128 Å². The van der Waals surface area contributed by atoms with Gasteiger partial charge in [0, 0.05) is 25.3 Å². The van der Waals surface area contributed by atoms with Gasteiger partial charge in [-0.1, -0.05) is 6.92 Å². The van der Waals surface area contributed by atoms with Gasteiger partial charge in [0.1, 0.15) is 5.75 Å². The summed E-state index contributed by atoms with van der Waals surface area (Å²) in [6, 6.07) is 5.33. The van der Waals surface area contributed by atoms with Gasteiger partial charge >= 0.3 is 0 Å². The first kappa shape index (κ1) is 15.3. The number of nitrogens with one attached hydrogen (secondary N) is 1. The molecule has 1 N–H and O–H groups in total. The molecule has 0 unspecified atom stereocenters. The number of methoxy groups -OCH3 is 1. The summed E-state index contributed by atoms with van der Waals surface area (Å²) in [5.41, 5.74) is 0.769. The molecule has 1 aliphatic rings. The molecule has 1 aromatic carbocycles. The van der Waals surface area contributed by atoms with Gasteiger partial charge in [-0.2, -0.15) is 0 Å². The van der Waals surface area contributed by atoms with Crippen LogP contribution in [0, 0.1) is 5.41 Å². The van der Waals surface area contributed by atoms with E-state index in [0.29, 0.717) is 12.1 Å². The number of rotatable bonds is 4. The normalized spacial score (nSPS) is 17.6. The first-order chi connectivity index (χ1) is 9.54. The molecule has 0 atom stereocenters. The van der Waals surface area contributed by atoms with Gasteiger partial charge in [0.25, 0.3) is 5.91 Å². The SMILES string of the molecule is COc1ccc(C(=O)NCC2(C)CCOCC2)cc1Br. The van der Waals surface area contributed by atoms with Gasteiger partial charge in [-0.25, -0.2) is 0 Å². The van der Waals surface area contributed by atoms with E-state index in [1.54, 1.807) is 25.3 Å². The highest BCUT2D eigenvalue weighted by atomic mass is 79.9. The van der Waals surface area contributed by atoms with Crippen LogP contribution >= 0.6 is 15.9 Å². The molecule has 0 radical (unpaired) electrons. The summed E-state index contributed by atoms with van der Waals surface area (Å²) < 4.78 is 11.3. The van der Waals surface area contributed by atoms with Crippen LogP contribution in [-0.2, 0) is 4.74 Å². The third-order valence-electron chi connectivity index (χ3n) is 3.79. The minimum absolute atomic E-state index is 0.0546. The zero-order valence-electron chi connectivity index (χ0n) is 11.9. The predicted octanol–water partition coefficient (Wildman–Crippen LogP) is 3.00. The number of amides is 1. The van der Waals surface area contributed by atoms with Crippen LogP contribution in [0.15, 0.2) is 22.7 Å². The van der Waals surface area contributed by atoms with E-state index in [9.17, 15) is 4.79 Å². The molecule has 1 saturated heterocycles. The molecule has 0 aromatic heterocycles. The molecule has 1 aliphatic heterocycles. The van der Waals surface area contributed by atoms with Crippen LogP contribution < -0.4 is 10.1 Å². The average molecular weight is 342 g/mol. The van der Waals surface area contributed by atoms with Gasteiger partial charge in [0.05, 0.1) is 11.6 Å². The Kier molecular flexibility index (Phi) is 5.05. The number of ether oxygens (including phenoxy) is 2. The smallest absolute Gasteiger partial charge is 0.251 e. The van der Waals surface area contributed by atoms with Crippen molar-refractivity contribution in [2.45, 2.75) is 19.8 Å². The van der Waals surface area contributed by atoms with Crippen molar-refractivity contribution in [3.63, 3.8) is 0 Å². The van der Waals surface area contributed by atoms with Crippen LogP contribution in [0.5, 0.6) is 5.75 Å². The quantitative estimate of drug-likeness (QED) is 0.915. The maximum atomic E-state index is 12.2. The highest BCUT2D eigenvalue weighted by molar-refractivity contribution is 9.10. The highest BCUT2D eigenvalue weighted by Crippen LogP contribution is 2.29. The Morgan fingerprint density at radius 3 is 2.75 bits per heavy atom. The molecule has 5 heteroatoms. The minimum atomic E-state index is -0.0546. The van der Waals surface area contributed by atoms with Gasteiger partial charge in [0.15, 0.2) is 0 Å². The zero-order chi connectivity index (χ0) is 14.6. The fourth-order valence-corrected chi connectivity index (χ4v) is 2.78. The monoisotopic (exact) mass is 341 g/mol. The van der Waals surface area contributed by atoms with Crippen LogP contribution in [0.1, 0.15) is 30.1 Å². The van der Waals surface area contributed by atoms with Crippen molar-refractivity contribution in [1.82, 2.24) is 5.32 Å². The lowest BCUT2D eigenvalue weighted by molar-refractivity contribution is 0.0238. The Hall–Kier alpha value is -1.07. The zero-order valence-corrected chi connectivity index (χ0v) is 13.5. The maximum Gasteiger partial charge on any atom is 0.251 e. The van der Waals surface area contributed by atoms with Crippen molar-refractivity contribution < 1.29 is 14.3 Å². The van der Waals surface area contributed by atoms with E-state index in [0.717, 1.165) is 36.3 Å². The summed E-state index contributed by atoms with van der Waals surface area (Å²) in [6.45, 7) is 4.43. The summed E-state index contributed by atoms with van der Waals surface area (Å²) in [7, 11) is 1.60. The molecule has 0 aliphatic carbocycles. The molecule has 0 saturated carbocycles. The first-order valence-corrected chi connectivity index (χ1v) is 7.53.